The van der Waals surface area contributed by atoms with Crippen LogP contribution in [-0.2, 0) is 10.0 Å². The molecule has 2 aromatic carbocycles. The lowest BCUT2D eigenvalue weighted by Gasteiger charge is -2.10. The van der Waals surface area contributed by atoms with Crippen LogP contribution in [0.1, 0.15) is 34.7 Å². The summed E-state index contributed by atoms with van der Waals surface area (Å²) in [6.45, 7) is 0. The number of fused-ring (bicyclic) bond motifs is 1. The van der Waals surface area contributed by atoms with Gasteiger partial charge >= 0.3 is 0 Å². The zero-order valence-electron chi connectivity index (χ0n) is 14.5. The average Bonchev–Trinajstić information content (AvgIpc) is 3.34. The number of amides is 1. The number of carbonyl (C=O) groups excluding carboxylic acids is 1. The first-order valence-electron chi connectivity index (χ1n) is 8.37. The molecule has 3 aromatic rings. The number of furan rings is 1. The van der Waals surface area contributed by atoms with E-state index in [2.05, 4.69) is 4.72 Å². The van der Waals surface area contributed by atoms with Crippen LogP contribution in [0.2, 0.25) is 0 Å². The zero-order chi connectivity index (χ0) is 19.3. The second-order valence-corrected chi connectivity index (χ2v) is 8.51. The third-order valence-electron chi connectivity index (χ3n) is 4.53. The molecule has 27 heavy (non-hydrogen) atoms. The molecule has 3 N–H and O–H groups in total. The summed E-state index contributed by atoms with van der Waals surface area (Å²) in [6, 6.07) is 8.85. The molecule has 6 nitrogen and oxygen atoms in total. The van der Waals surface area contributed by atoms with Crippen LogP contribution in [-0.4, -0.2) is 20.6 Å². The Bertz CT molecular complexity index is 1160. The Hall–Kier alpha value is -2.87. The molecule has 8 heteroatoms. The highest BCUT2D eigenvalue weighted by Crippen LogP contribution is 2.46. The van der Waals surface area contributed by atoms with Crippen molar-refractivity contribution < 1.29 is 22.0 Å². The molecule has 1 heterocycles. The Morgan fingerprint density at radius 1 is 1.22 bits per heavy atom. The number of rotatable bonds is 5. The molecule has 1 amide bonds. The summed E-state index contributed by atoms with van der Waals surface area (Å²) in [5.41, 5.74) is 7.87. The fraction of sp³-hybridized carbons (Fsp3) is 0.211. The van der Waals surface area contributed by atoms with E-state index in [0.717, 1.165) is 24.7 Å². The van der Waals surface area contributed by atoms with Crippen molar-refractivity contribution >= 4 is 32.6 Å². The Labute approximate surface area is 155 Å². The molecule has 1 fully saturated rings. The molecule has 1 aromatic heterocycles. The molecular weight excluding hydrogens is 371 g/mol. The average molecular weight is 388 g/mol. The highest BCUT2D eigenvalue weighted by molar-refractivity contribution is 7.92. The maximum Gasteiger partial charge on any atom is 0.253 e. The predicted molar refractivity (Wildman–Crippen MR) is 101 cm³/mol. The minimum atomic E-state index is -3.48. The van der Waals surface area contributed by atoms with E-state index < -0.39 is 21.7 Å². The standard InChI is InChI=1S/C19H17FN2O4S/c1-27(24,25)22-15-9-16-14(8-13(15)10-2-3-10)17(19(21)23)18(26-16)11-4-6-12(20)7-5-11/h4-10,22H,2-3H2,1H3,(H2,21,23). The van der Waals surface area contributed by atoms with Gasteiger partial charge in [-0.25, -0.2) is 12.8 Å². The quantitative estimate of drug-likeness (QED) is 0.697. The van der Waals surface area contributed by atoms with Gasteiger partial charge in [0.25, 0.3) is 5.91 Å². The largest absolute Gasteiger partial charge is 0.455 e. The van der Waals surface area contributed by atoms with E-state index >= 15 is 0 Å². The van der Waals surface area contributed by atoms with Crippen molar-refractivity contribution in [3.05, 3.63) is 53.3 Å². The minimum Gasteiger partial charge on any atom is -0.455 e. The van der Waals surface area contributed by atoms with E-state index in [4.69, 9.17) is 10.2 Å². The van der Waals surface area contributed by atoms with Crippen molar-refractivity contribution in [2.75, 3.05) is 11.0 Å². The summed E-state index contributed by atoms with van der Waals surface area (Å²) < 4.78 is 45.0. The first-order valence-corrected chi connectivity index (χ1v) is 10.3. The van der Waals surface area contributed by atoms with Gasteiger partial charge in [0.2, 0.25) is 10.0 Å². The highest BCUT2D eigenvalue weighted by Gasteiger charge is 2.30. The second kappa shape index (κ2) is 6.09. The Morgan fingerprint density at radius 2 is 1.89 bits per heavy atom. The van der Waals surface area contributed by atoms with Gasteiger partial charge in [0.05, 0.1) is 17.5 Å². The maximum absolute atomic E-state index is 13.2. The molecule has 1 aliphatic rings. The van der Waals surface area contributed by atoms with Crippen LogP contribution in [0.15, 0.2) is 40.8 Å². The number of nitrogens with one attached hydrogen (secondary N) is 1. The number of hydrogen-bond donors (Lipinski definition) is 2. The SMILES string of the molecule is CS(=O)(=O)Nc1cc2oc(-c3ccc(F)cc3)c(C(N)=O)c2cc1C1CC1. The summed E-state index contributed by atoms with van der Waals surface area (Å²) in [5.74, 6) is -0.621. The third kappa shape index (κ3) is 3.40. The van der Waals surface area contributed by atoms with Gasteiger partial charge in [-0.3, -0.25) is 9.52 Å². The molecule has 0 atom stereocenters. The van der Waals surface area contributed by atoms with Crippen LogP contribution in [0.3, 0.4) is 0 Å². The van der Waals surface area contributed by atoms with E-state index in [-0.39, 0.29) is 17.2 Å². The number of halogens is 1. The van der Waals surface area contributed by atoms with Crippen molar-refractivity contribution in [2.45, 2.75) is 18.8 Å². The Balaban J connectivity index is 1.97. The zero-order valence-corrected chi connectivity index (χ0v) is 15.3. The molecule has 0 saturated heterocycles. The van der Waals surface area contributed by atoms with Crippen LogP contribution in [0.25, 0.3) is 22.3 Å². The van der Waals surface area contributed by atoms with Gasteiger partial charge in [-0.2, -0.15) is 0 Å². The minimum absolute atomic E-state index is 0.199. The lowest BCUT2D eigenvalue weighted by atomic mass is 10.0. The lowest BCUT2D eigenvalue weighted by Crippen LogP contribution is -2.12. The van der Waals surface area contributed by atoms with Gasteiger partial charge in [-0.05, 0) is 54.7 Å². The molecule has 1 aliphatic carbocycles. The van der Waals surface area contributed by atoms with Gasteiger partial charge < -0.3 is 10.2 Å². The molecular formula is C19H17FN2O4S. The summed E-state index contributed by atoms with van der Waals surface area (Å²) in [5, 5.41) is 0.516. The maximum atomic E-state index is 13.2. The highest BCUT2D eigenvalue weighted by atomic mass is 32.2. The molecule has 0 radical (unpaired) electrons. The molecule has 0 bridgehead atoms. The van der Waals surface area contributed by atoms with Gasteiger partial charge in [0, 0.05) is 17.0 Å². The van der Waals surface area contributed by atoms with Crippen LogP contribution in [0.4, 0.5) is 10.1 Å². The van der Waals surface area contributed by atoms with E-state index in [1.807, 2.05) is 0 Å². The third-order valence-corrected chi connectivity index (χ3v) is 5.12. The Kier molecular flexibility index (Phi) is 3.96. The fourth-order valence-corrected chi connectivity index (χ4v) is 3.81. The monoisotopic (exact) mass is 388 g/mol. The van der Waals surface area contributed by atoms with Gasteiger partial charge in [0.15, 0.2) is 0 Å². The number of hydrogen-bond acceptors (Lipinski definition) is 4. The summed E-state index contributed by atoms with van der Waals surface area (Å²) in [4.78, 5) is 12.1. The molecule has 0 unspecified atom stereocenters. The number of carbonyl (C=O) groups is 1. The van der Waals surface area contributed by atoms with Crippen LogP contribution >= 0.6 is 0 Å². The molecule has 4 rings (SSSR count). The molecule has 140 valence electrons. The van der Waals surface area contributed by atoms with Gasteiger partial charge in [0.1, 0.15) is 17.2 Å². The van der Waals surface area contributed by atoms with E-state index in [1.54, 1.807) is 12.1 Å². The van der Waals surface area contributed by atoms with E-state index in [1.165, 1.54) is 24.3 Å². The molecule has 0 aliphatic heterocycles. The normalized spacial score (nSPS) is 14.4. The van der Waals surface area contributed by atoms with Crippen molar-refractivity contribution in [1.82, 2.24) is 0 Å². The predicted octanol–water partition coefficient (Wildman–Crippen LogP) is 3.59. The van der Waals surface area contributed by atoms with Crippen molar-refractivity contribution in [3.8, 4) is 11.3 Å². The van der Waals surface area contributed by atoms with E-state index in [0.29, 0.717) is 22.2 Å². The second-order valence-electron chi connectivity index (χ2n) is 6.76. The first kappa shape index (κ1) is 17.5. The summed E-state index contributed by atoms with van der Waals surface area (Å²) in [6.07, 6.45) is 2.96. The van der Waals surface area contributed by atoms with Gasteiger partial charge in [-0.15, -0.1) is 0 Å². The van der Waals surface area contributed by atoms with Crippen LogP contribution in [0.5, 0.6) is 0 Å². The lowest BCUT2D eigenvalue weighted by molar-refractivity contribution is 0.100. The van der Waals surface area contributed by atoms with E-state index in [9.17, 15) is 17.6 Å². The molecule has 1 saturated carbocycles. The van der Waals surface area contributed by atoms with Crippen molar-refractivity contribution in [2.24, 2.45) is 5.73 Å². The number of nitrogens with two attached hydrogens (primary N) is 1. The number of anilines is 1. The number of benzene rings is 2. The topological polar surface area (TPSA) is 102 Å². The van der Waals surface area contributed by atoms with Crippen LogP contribution in [0, 0.1) is 5.82 Å². The fourth-order valence-electron chi connectivity index (χ4n) is 3.23. The van der Waals surface area contributed by atoms with Crippen molar-refractivity contribution in [1.29, 1.82) is 0 Å². The van der Waals surface area contributed by atoms with Crippen molar-refractivity contribution in [3.63, 3.8) is 0 Å². The summed E-state index contributed by atoms with van der Waals surface area (Å²) >= 11 is 0. The number of sulfonamides is 1. The van der Waals surface area contributed by atoms with Gasteiger partial charge in [-0.1, -0.05) is 0 Å². The smallest absolute Gasteiger partial charge is 0.253 e. The first-order chi connectivity index (χ1) is 12.7. The Morgan fingerprint density at radius 3 is 2.44 bits per heavy atom. The number of primary amides is 1. The van der Waals surface area contributed by atoms with Crippen LogP contribution < -0.4 is 10.5 Å². The molecule has 0 spiro atoms. The summed E-state index contributed by atoms with van der Waals surface area (Å²) in [7, 11) is -3.48.